The average Bonchev–Trinajstić information content (AvgIpc) is 1.84. The molecule has 0 heterocycles. The van der Waals surface area contributed by atoms with Crippen LogP contribution >= 0.6 is 0 Å². The van der Waals surface area contributed by atoms with Crippen LogP contribution in [0.3, 0.4) is 0 Å². The van der Waals surface area contributed by atoms with E-state index in [1.807, 2.05) is 0 Å². The van der Waals surface area contributed by atoms with Crippen molar-refractivity contribution in [3.05, 3.63) is 0 Å². The van der Waals surface area contributed by atoms with Gasteiger partial charge in [0.15, 0.2) is 0 Å². The molecule has 0 bridgehead atoms. The van der Waals surface area contributed by atoms with Crippen LogP contribution in [0.15, 0.2) is 0 Å². The van der Waals surface area contributed by atoms with Crippen molar-refractivity contribution in [2.75, 3.05) is 0 Å². The van der Waals surface area contributed by atoms with E-state index in [4.69, 9.17) is 0 Å². The molecular weight excluding hydrogens is 191 g/mol. The van der Waals surface area contributed by atoms with Crippen molar-refractivity contribution in [1.82, 2.24) is 0 Å². The van der Waals surface area contributed by atoms with E-state index in [1.54, 1.807) is 22.5 Å². The first-order valence-electron chi connectivity index (χ1n) is 2.96. The van der Waals surface area contributed by atoms with Crippen LogP contribution in [-0.2, 0) is 0 Å². The Balaban J connectivity index is 2.40. The fourth-order valence-electron chi connectivity index (χ4n) is 1.16. The van der Waals surface area contributed by atoms with Gasteiger partial charge in [-0.25, -0.2) is 0 Å². The fraction of sp³-hybridized carbons (Fsp3) is 1.00. The Morgan fingerprint density at radius 1 is 1.29 bits per heavy atom. The van der Waals surface area contributed by atoms with Gasteiger partial charge in [0.1, 0.15) is 0 Å². The number of hydrogen-bond acceptors (Lipinski definition) is 0. The number of rotatable bonds is 0. The molecule has 1 fully saturated rings. The van der Waals surface area contributed by atoms with Crippen LogP contribution in [0, 0.1) is 0 Å². The summed E-state index contributed by atoms with van der Waals surface area (Å²) in [5.41, 5.74) is 0. The normalized spacial score (nSPS) is 28.3. The molecule has 1 aliphatic rings. The van der Waals surface area contributed by atoms with Crippen LogP contribution in [0.25, 0.3) is 0 Å². The van der Waals surface area contributed by atoms with E-state index in [0.29, 0.717) is 0 Å². The minimum atomic E-state index is 0.784. The molecule has 1 rings (SSSR count). The van der Waals surface area contributed by atoms with E-state index in [2.05, 4.69) is 6.92 Å². The van der Waals surface area contributed by atoms with Crippen molar-refractivity contribution in [1.29, 1.82) is 0 Å². The maximum atomic E-state index is 2.40. The molecule has 0 atom stereocenters. The third-order valence-corrected chi connectivity index (χ3v) is 3.13. The quantitative estimate of drug-likeness (QED) is 0.526. The first-order chi connectivity index (χ1) is 3.21. The summed E-state index contributed by atoms with van der Waals surface area (Å²) in [6.07, 6.45) is 5.96. The van der Waals surface area contributed by atoms with E-state index < -0.39 is 0 Å². The zero-order chi connectivity index (χ0) is 5.33. The van der Waals surface area contributed by atoms with Crippen LogP contribution in [0.1, 0.15) is 32.6 Å². The summed E-state index contributed by atoms with van der Waals surface area (Å²) >= 11 is 1.75. The van der Waals surface area contributed by atoms with Gasteiger partial charge in [-0.3, -0.25) is 0 Å². The van der Waals surface area contributed by atoms with Crippen molar-refractivity contribution in [2.45, 2.75) is 36.0 Å². The van der Waals surface area contributed by atoms with Gasteiger partial charge in [-0.1, -0.05) is 0 Å². The minimum absolute atomic E-state index is 0.784. The zero-order valence-electron chi connectivity index (χ0n) is 4.83. The topological polar surface area (TPSA) is 0 Å². The van der Waals surface area contributed by atoms with E-state index >= 15 is 0 Å². The number of hydrogen-bond donors (Lipinski definition) is 0. The molecule has 0 N–H and O–H groups in total. The molecule has 0 nitrogen and oxygen atoms in total. The molecule has 39 valence electrons. The first kappa shape index (κ1) is 5.93. The molecule has 0 unspecified atom stereocenters. The molecule has 0 aromatic rings. The first-order valence-corrected chi connectivity index (χ1v) is 4.38. The summed E-state index contributed by atoms with van der Waals surface area (Å²) in [4.78, 5) is 0. The second-order valence-electron chi connectivity index (χ2n) is 2.77. The Morgan fingerprint density at radius 2 is 1.71 bits per heavy atom. The SMILES string of the molecule is C[C]1([Sn])CCCC1. The monoisotopic (exact) mass is 203 g/mol. The van der Waals surface area contributed by atoms with Gasteiger partial charge in [-0.05, 0) is 0 Å². The van der Waals surface area contributed by atoms with Gasteiger partial charge in [0.25, 0.3) is 0 Å². The van der Waals surface area contributed by atoms with Crippen molar-refractivity contribution in [3.8, 4) is 0 Å². The van der Waals surface area contributed by atoms with Gasteiger partial charge in [0.05, 0.1) is 0 Å². The predicted octanol–water partition coefficient (Wildman–Crippen LogP) is 1.91. The summed E-state index contributed by atoms with van der Waals surface area (Å²) in [6, 6.07) is 0. The Kier molecular flexibility index (Phi) is 1.66. The molecule has 0 aromatic carbocycles. The molecule has 3 radical (unpaired) electrons. The van der Waals surface area contributed by atoms with Crippen molar-refractivity contribution in [2.24, 2.45) is 0 Å². The van der Waals surface area contributed by atoms with Gasteiger partial charge in [0, 0.05) is 0 Å². The van der Waals surface area contributed by atoms with E-state index in [9.17, 15) is 0 Å². The molecule has 1 saturated carbocycles. The third kappa shape index (κ3) is 1.63. The standard InChI is InChI=1S/C6H11.Sn/c1-6-4-2-3-5-6;/h2-5H2,1H3;. The molecule has 0 aliphatic heterocycles. The zero-order valence-corrected chi connectivity index (χ0v) is 7.68. The third-order valence-electron chi connectivity index (χ3n) is 1.71. The van der Waals surface area contributed by atoms with E-state index in [1.165, 1.54) is 25.7 Å². The van der Waals surface area contributed by atoms with Crippen LogP contribution in [-0.4, -0.2) is 22.5 Å². The van der Waals surface area contributed by atoms with Crippen LogP contribution in [0.2, 0.25) is 3.43 Å². The molecule has 1 heteroatoms. The van der Waals surface area contributed by atoms with Gasteiger partial charge in [-0.2, -0.15) is 0 Å². The van der Waals surface area contributed by atoms with Gasteiger partial charge in [0.2, 0.25) is 0 Å². The molecule has 0 aromatic heterocycles. The van der Waals surface area contributed by atoms with E-state index in [-0.39, 0.29) is 0 Å². The van der Waals surface area contributed by atoms with Crippen LogP contribution in [0.5, 0.6) is 0 Å². The predicted molar refractivity (Wildman–Crippen MR) is 32.6 cm³/mol. The second kappa shape index (κ2) is 1.96. The summed E-state index contributed by atoms with van der Waals surface area (Å²) in [7, 11) is 0. The maximum absolute atomic E-state index is 2.40. The molecular formula is C6H11Sn. The van der Waals surface area contributed by atoms with E-state index in [0.717, 1.165) is 3.43 Å². The summed E-state index contributed by atoms with van der Waals surface area (Å²) in [6.45, 7) is 2.40. The van der Waals surface area contributed by atoms with Gasteiger partial charge >= 0.3 is 58.6 Å². The molecule has 0 saturated heterocycles. The van der Waals surface area contributed by atoms with Crippen molar-refractivity contribution >= 4 is 22.5 Å². The average molecular weight is 202 g/mol. The Morgan fingerprint density at radius 3 is 1.86 bits per heavy atom. The summed E-state index contributed by atoms with van der Waals surface area (Å²) < 4.78 is 0.784. The van der Waals surface area contributed by atoms with Crippen molar-refractivity contribution < 1.29 is 0 Å². The van der Waals surface area contributed by atoms with Gasteiger partial charge in [-0.15, -0.1) is 0 Å². The van der Waals surface area contributed by atoms with Crippen LogP contribution < -0.4 is 0 Å². The fourth-order valence-corrected chi connectivity index (χ4v) is 2.16. The molecule has 0 spiro atoms. The second-order valence-corrected chi connectivity index (χ2v) is 6.21. The summed E-state index contributed by atoms with van der Waals surface area (Å²) in [5, 5.41) is 0. The van der Waals surface area contributed by atoms with Crippen LogP contribution in [0.4, 0.5) is 0 Å². The molecule has 0 amide bonds. The summed E-state index contributed by atoms with van der Waals surface area (Å²) in [5.74, 6) is 0. The Labute approximate surface area is 58.8 Å². The Hall–Kier alpha value is 0.799. The van der Waals surface area contributed by atoms with Crippen molar-refractivity contribution in [3.63, 3.8) is 0 Å². The van der Waals surface area contributed by atoms with Gasteiger partial charge < -0.3 is 0 Å². The molecule has 7 heavy (non-hydrogen) atoms. The Bertz CT molecular complexity index is 58.6. The molecule has 1 aliphatic carbocycles.